The fraction of sp³-hybridized carbons (Fsp3) is 0.280. The number of rotatable bonds is 5. The molecule has 172 valence electrons. The molecule has 2 aromatic rings. The molecule has 8 heteroatoms. The van der Waals surface area contributed by atoms with E-state index in [0.717, 1.165) is 36.8 Å². The van der Waals surface area contributed by atoms with Gasteiger partial charge in [0.05, 0.1) is 0 Å². The molecule has 0 atom stereocenters. The number of hydrogen-bond acceptors (Lipinski definition) is 4. The van der Waals surface area contributed by atoms with Crippen molar-refractivity contribution in [3.8, 4) is 0 Å². The highest BCUT2D eigenvalue weighted by Gasteiger charge is 2.21. The smallest absolute Gasteiger partial charge is 0.269 e. The molecule has 4 N–H and O–H groups in total. The topological polar surface area (TPSA) is 99.3 Å². The van der Waals surface area contributed by atoms with Crippen LogP contribution in [0.1, 0.15) is 53.6 Å². The number of carbonyl (C=O) groups excluding carboxylic acids is 3. The maximum atomic E-state index is 12.3. The van der Waals surface area contributed by atoms with Crippen LogP contribution in [0.2, 0.25) is 0 Å². The summed E-state index contributed by atoms with van der Waals surface area (Å²) in [6.07, 6.45) is 8.27. The molecule has 1 fully saturated rings. The third-order valence-electron chi connectivity index (χ3n) is 5.42. The van der Waals surface area contributed by atoms with Gasteiger partial charge in [0, 0.05) is 23.2 Å². The van der Waals surface area contributed by atoms with Crippen molar-refractivity contribution < 1.29 is 14.4 Å². The Morgan fingerprint density at radius 1 is 0.909 bits per heavy atom. The van der Waals surface area contributed by atoms with Crippen LogP contribution in [0.4, 0.5) is 5.69 Å². The number of benzene rings is 2. The average Bonchev–Trinajstić information content (AvgIpc) is 2.83. The summed E-state index contributed by atoms with van der Waals surface area (Å²) in [6, 6.07) is 14.3. The summed E-state index contributed by atoms with van der Waals surface area (Å²) in [6.45, 7) is 1.99. The molecule has 3 rings (SSSR count). The molecule has 0 unspecified atom stereocenters. The zero-order valence-corrected chi connectivity index (χ0v) is 19.3. The van der Waals surface area contributed by atoms with Gasteiger partial charge in [0.25, 0.3) is 5.91 Å². The number of carbonyl (C=O) groups is 3. The molecular formula is C25H28N4O3S. The highest BCUT2D eigenvalue weighted by atomic mass is 32.1. The van der Waals surface area contributed by atoms with Crippen LogP contribution in [0.3, 0.4) is 0 Å². The van der Waals surface area contributed by atoms with Gasteiger partial charge < -0.3 is 5.32 Å². The summed E-state index contributed by atoms with van der Waals surface area (Å²) in [5.74, 6) is -0.743. The first-order valence-corrected chi connectivity index (χ1v) is 11.4. The second-order valence-corrected chi connectivity index (χ2v) is 8.45. The minimum absolute atomic E-state index is 0.0294. The number of aryl methyl sites for hydroxylation is 1. The first kappa shape index (κ1) is 24.1. The summed E-state index contributed by atoms with van der Waals surface area (Å²) in [4.78, 5) is 36.6. The Morgan fingerprint density at radius 3 is 2.24 bits per heavy atom. The number of nitrogens with one attached hydrogen (secondary N) is 4. The van der Waals surface area contributed by atoms with Gasteiger partial charge in [0.1, 0.15) is 0 Å². The van der Waals surface area contributed by atoms with Gasteiger partial charge in [-0.15, -0.1) is 0 Å². The van der Waals surface area contributed by atoms with Crippen LogP contribution in [0.5, 0.6) is 0 Å². The highest BCUT2D eigenvalue weighted by molar-refractivity contribution is 7.80. The molecule has 0 radical (unpaired) electrons. The van der Waals surface area contributed by atoms with Gasteiger partial charge >= 0.3 is 0 Å². The largest absolute Gasteiger partial charge is 0.326 e. The van der Waals surface area contributed by atoms with E-state index in [1.807, 2.05) is 31.2 Å². The van der Waals surface area contributed by atoms with Crippen molar-refractivity contribution in [2.45, 2.75) is 39.0 Å². The first-order chi connectivity index (χ1) is 15.9. The van der Waals surface area contributed by atoms with Crippen molar-refractivity contribution in [1.82, 2.24) is 16.2 Å². The summed E-state index contributed by atoms with van der Waals surface area (Å²) in [7, 11) is 0. The quantitative estimate of drug-likeness (QED) is 0.306. The van der Waals surface area contributed by atoms with E-state index in [1.54, 1.807) is 30.3 Å². The van der Waals surface area contributed by atoms with E-state index >= 15 is 0 Å². The maximum Gasteiger partial charge on any atom is 0.269 e. The van der Waals surface area contributed by atoms with Crippen molar-refractivity contribution in [2.24, 2.45) is 5.92 Å². The lowest BCUT2D eigenvalue weighted by atomic mass is 9.88. The van der Waals surface area contributed by atoms with Crippen LogP contribution in [0.15, 0.2) is 54.6 Å². The highest BCUT2D eigenvalue weighted by Crippen LogP contribution is 2.25. The van der Waals surface area contributed by atoms with Gasteiger partial charge in [-0.2, -0.15) is 0 Å². The van der Waals surface area contributed by atoms with Crippen molar-refractivity contribution in [3.05, 3.63) is 71.3 Å². The minimum atomic E-state index is -0.424. The zero-order valence-electron chi connectivity index (χ0n) is 18.5. The van der Waals surface area contributed by atoms with Gasteiger partial charge in [-0.05, 0) is 67.9 Å². The molecule has 1 aliphatic rings. The van der Waals surface area contributed by atoms with Crippen molar-refractivity contribution in [1.29, 1.82) is 0 Å². The third-order valence-corrected chi connectivity index (χ3v) is 5.63. The molecular weight excluding hydrogens is 436 g/mol. The van der Waals surface area contributed by atoms with Crippen LogP contribution in [-0.4, -0.2) is 22.8 Å². The van der Waals surface area contributed by atoms with Crippen LogP contribution in [-0.2, 0) is 9.59 Å². The van der Waals surface area contributed by atoms with Crippen LogP contribution < -0.4 is 21.5 Å². The monoisotopic (exact) mass is 464 g/mol. The molecule has 0 bridgehead atoms. The Kier molecular flexibility index (Phi) is 8.71. The Labute approximate surface area is 199 Å². The summed E-state index contributed by atoms with van der Waals surface area (Å²) in [5, 5.41) is 5.35. The molecule has 1 saturated carbocycles. The lowest BCUT2D eigenvalue weighted by molar-refractivity contribution is -0.120. The lowest BCUT2D eigenvalue weighted by Gasteiger charge is -2.20. The second-order valence-electron chi connectivity index (χ2n) is 8.04. The molecule has 0 spiro atoms. The summed E-state index contributed by atoms with van der Waals surface area (Å²) in [5.41, 5.74) is 8.00. The standard InChI is InChI=1S/C25H28N4O3S/c1-17-7-9-18(10-8-17)11-16-22(30)27-25(33)29-28-24(32)20-12-14-21(15-13-20)26-23(31)19-5-3-2-4-6-19/h7-16,19H,2-6H2,1H3,(H,26,31)(H,28,32)(H2,27,29,30,33)/b16-11+. The zero-order chi connectivity index (χ0) is 23.6. The van der Waals surface area contributed by atoms with E-state index in [2.05, 4.69) is 21.5 Å². The van der Waals surface area contributed by atoms with Crippen LogP contribution >= 0.6 is 12.2 Å². The molecule has 0 heterocycles. The second kappa shape index (κ2) is 11.9. The Bertz CT molecular complexity index is 1030. The summed E-state index contributed by atoms with van der Waals surface area (Å²) >= 11 is 5.04. The maximum absolute atomic E-state index is 12.3. The summed E-state index contributed by atoms with van der Waals surface area (Å²) < 4.78 is 0. The molecule has 7 nitrogen and oxygen atoms in total. The van der Waals surface area contributed by atoms with Crippen molar-refractivity contribution in [2.75, 3.05) is 5.32 Å². The van der Waals surface area contributed by atoms with Gasteiger partial charge in [-0.3, -0.25) is 30.6 Å². The molecule has 0 saturated heterocycles. The molecule has 0 aliphatic heterocycles. The fourth-order valence-electron chi connectivity index (χ4n) is 3.53. The van der Waals surface area contributed by atoms with E-state index in [9.17, 15) is 14.4 Å². The molecule has 2 aromatic carbocycles. The number of anilines is 1. The fourth-order valence-corrected chi connectivity index (χ4v) is 3.69. The van der Waals surface area contributed by atoms with Gasteiger partial charge in [0.15, 0.2) is 5.11 Å². The van der Waals surface area contributed by atoms with Gasteiger partial charge in [-0.25, -0.2) is 0 Å². The van der Waals surface area contributed by atoms with E-state index in [4.69, 9.17) is 12.2 Å². The lowest BCUT2D eigenvalue weighted by Crippen LogP contribution is -2.48. The average molecular weight is 465 g/mol. The third kappa shape index (κ3) is 7.84. The van der Waals surface area contributed by atoms with Crippen molar-refractivity contribution in [3.63, 3.8) is 0 Å². The van der Waals surface area contributed by atoms with Crippen molar-refractivity contribution >= 4 is 46.8 Å². The number of hydrogen-bond donors (Lipinski definition) is 4. The molecule has 33 heavy (non-hydrogen) atoms. The predicted octanol–water partition coefficient (Wildman–Crippen LogP) is 3.86. The predicted molar refractivity (Wildman–Crippen MR) is 133 cm³/mol. The number of hydrazine groups is 1. The Morgan fingerprint density at radius 2 is 1.58 bits per heavy atom. The number of amides is 3. The normalized spacial score (nSPS) is 13.8. The van der Waals surface area contributed by atoms with E-state index < -0.39 is 11.8 Å². The van der Waals surface area contributed by atoms with Crippen LogP contribution in [0, 0.1) is 12.8 Å². The SMILES string of the molecule is Cc1ccc(/C=C/C(=O)NC(=S)NNC(=O)c2ccc(NC(=O)C3CCCCC3)cc2)cc1. The van der Waals surface area contributed by atoms with Gasteiger partial charge in [0.2, 0.25) is 11.8 Å². The van der Waals surface area contributed by atoms with Crippen LogP contribution in [0.25, 0.3) is 6.08 Å². The van der Waals surface area contributed by atoms with Gasteiger partial charge in [-0.1, -0.05) is 49.1 Å². The Balaban J connectivity index is 1.42. The first-order valence-electron chi connectivity index (χ1n) is 11.0. The number of thiocarbonyl (C=S) groups is 1. The Hall–Kier alpha value is -3.52. The minimum Gasteiger partial charge on any atom is -0.326 e. The van der Waals surface area contributed by atoms with E-state index in [-0.39, 0.29) is 16.9 Å². The van der Waals surface area contributed by atoms with E-state index in [1.165, 1.54) is 12.5 Å². The molecule has 1 aliphatic carbocycles. The molecule has 0 aromatic heterocycles. The molecule has 3 amide bonds. The van der Waals surface area contributed by atoms with E-state index in [0.29, 0.717) is 11.3 Å².